The number of ether oxygens (including phenoxy) is 1. The van der Waals surface area contributed by atoms with Crippen LogP contribution < -0.4 is 5.32 Å². The molecular weight excluding hydrogens is 327 g/mol. The maximum atomic E-state index is 11.5. The van der Waals surface area contributed by atoms with Crippen LogP contribution in [-0.4, -0.2) is 40.2 Å². The fraction of sp³-hybridized carbons (Fsp3) is 0.222. The van der Waals surface area contributed by atoms with E-state index in [0.29, 0.717) is 9.48 Å². The molecule has 0 radical (unpaired) electrons. The lowest BCUT2D eigenvalue weighted by Crippen LogP contribution is -2.42. The number of nitrogens with one attached hydrogen (secondary N) is 1. The molecule has 0 spiro atoms. The summed E-state index contributed by atoms with van der Waals surface area (Å²) >= 11 is 1.82. The van der Waals surface area contributed by atoms with Crippen LogP contribution >= 0.6 is 22.6 Å². The minimum absolute atomic E-state index is 0.158. The molecule has 0 saturated heterocycles. The summed E-state index contributed by atoms with van der Waals surface area (Å²) in [5.41, 5.74) is 0. The molecule has 2 aliphatic heterocycles. The fourth-order valence-corrected chi connectivity index (χ4v) is 1.68. The number of nitrogens with zero attached hydrogens (tertiary/aromatic N) is 1. The van der Waals surface area contributed by atoms with Gasteiger partial charge in [-0.25, -0.2) is 4.79 Å². The van der Waals surface area contributed by atoms with Crippen molar-refractivity contribution in [3.63, 3.8) is 0 Å². The van der Waals surface area contributed by atoms with E-state index >= 15 is 0 Å². The van der Waals surface area contributed by atoms with Crippen molar-refractivity contribution in [1.29, 1.82) is 0 Å². The van der Waals surface area contributed by atoms with Crippen LogP contribution in [0.4, 0.5) is 4.79 Å². The summed E-state index contributed by atoms with van der Waals surface area (Å²) in [5.74, 6) is -0.138. The molecule has 0 aromatic rings. The van der Waals surface area contributed by atoms with E-state index in [2.05, 4.69) is 5.32 Å². The molecule has 2 N–H and O–H groups in total. The molecule has 2 heterocycles. The number of hydrogen-bond donors (Lipinski definition) is 2. The molecule has 0 unspecified atom stereocenters. The van der Waals surface area contributed by atoms with Crippen LogP contribution in [0.3, 0.4) is 0 Å². The van der Waals surface area contributed by atoms with Crippen LogP contribution in [0.2, 0.25) is 0 Å². The van der Waals surface area contributed by atoms with Gasteiger partial charge in [-0.3, -0.25) is 0 Å². The Kier molecular flexibility index (Phi) is 3.06. The Morgan fingerprint density at radius 3 is 2.94 bits per heavy atom. The van der Waals surface area contributed by atoms with Crippen LogP contribution in [0.5, 0.6) is 0 Å². The van der Waals surface area contributed by atoms with E-state index in [1.165, 1.54) is 10.8 Å². The van der Waals surface area contributed by atoms with Crippen molar-refractivity contribution in [3.8, 4) is 0 Å². The summed E-state index contributed by atoms with van der Waals surface area (Å²) in [7, 11) is 0. The van der Waals surface area contributed by atoms with Crippen molar-refractivity contribution in [3.05, 3.63) is 21.9 Å². The van der Waals surface area contributed by atoms with Crippen LogP contribution in [0.15, 0.2) is 21.9 Å². The molecule has 3 amide bonds. The second kappa shape index (κ2) is 4.34. The Balaban J connectivity index is 2.35. The van der Waals surface area contributed by atoms with Gasteiger partial charge in [0.05, 0.1) is 6.61 Å². The Morgan fingerprint density at radius 2 is 2.31 bits per heavy atom. The number of halogens is 1. The van der Waals surface area contributed by atoms with Gasteiger partial charge in [-0.15, -0.1) is 4.58 Å². The van der Waals surface area contributed by atoms with Crippen LogP contribution in [0.25, 0.3) is 0 Å². The lowest BCUT2D eigenvalue weighted by atomic mass is 10.4. The zero-order valence-corrected chi connectivity index (χ0v) is 10.2. The molecule has 2 rings (SSSR count). The summed E-state index contributed by atoms with van der Waals surface area (Å²) < 4.78 is 6.84. The number of aliphatic hydroxyl groups excluding tert-OH is 1. The number of imide groups is 1. The molecule has 2 aliphatic rings. The van der Waals surface area contributed by atoms with Gasteiger partial charge in [0.2, 0.25) is 0 Å². The van der Waals surface area contributed by atoms with Gasteiger partial charge in [-0.05, 0) is 28.7 Å². The van der Waals surface area contributed by atoms with Crippen LogP contribution in [0, 0.1) is 0 Å². The van der Waals surface area contributed by atoms with Gasteiger partial charge >= 0.3 is 11.9 Å². The number of carbonyl (C=O) groups is 2. The minimum atomic E-state index is -0.566. The predicted octanol–water partition coefficient (Wildman–Crippen LogP) is -0.129. The average molecular weight is 335 g/mol. The number of urea groups is 1. The highest BCUT2D eigenvalue weighted by Gasteiger charge is 2.33. The summed E-state index contributed by atoms with van der Waals surface area (Å²) in [4.78, 5) is 22.6. The number of aliphatic hydroxyl groups is 1. The predicted molar refractivity (Wildman–Crippen MR) is 62.0 cm³/mol. The molecular formula is C9H8IN2O4+. The highest BCUT2D eigenvalue weighted by Crippen LogP contribution is 2.13. The van der Waals surface area contributed by atoms with Crippen molar-refractivity contribution in [2.75, 3.05) is 6.61 Å². The van der Waals surface area contributed by atoms with E-state index in [1.54, 1.807) is 12.2 Å². The highest BCUT2D eigenvalue weighted by molar-refractivity contribution is 14.1. The van der Waals surface area contributed by atoms with E-state index in [-0.39, 0.29) is 6.61 Å². The van der Waals surface area contributed by atoms with E-state index in [9.17, 15) is 9.59 Å². The topological polar surface area (TPSA) is 78.6 Å². The summed E-state index contributed by atoms with van der Waals surface area (Å²) in [6.45, 7) is -0.158. The first-order valence-electron chi connectivity index (χ1n) is 4.46. The zero-order chi connectivity index (χ0) is 11.7. The normalized spacial score (nSPS) is 28.9. The van der Waals surface area contributed by atoms with Crippen molar-refractivity contribution < 1.29 is 24.0 Å². The monoisotopic (exact) mass is 335 g/mol. The molecule has 84 valence electrons. The first-order chi connectivity index (χ1) is 7.61. The lowest BCUT2D eigenvalue weighted by Gasteiger charge is -2.09. The summed E-state index contributed by atoms with van der Waals surface area (Å²) in [5, 5.41) is 11.0. The number of hydrogen-bond acceptors (Lipinski definition) is 4. The van der Waals surface area contributed by atoms with Gasteiger partial charge in [-0.2, -0.15) is 10.1 Å². The Morgan fingerprint density at radius 1 is 1.56 bits per heavy atom. The number of carbonyl (C=O) groups excluding carboxylic acids is 2. The molecule has 0 bridgehead atoms. The van der Waals surface area contributed by atoms with Gasteiger partial charge in [-0.1, -0.05) is 0 Å². The van der Waals surface area contributed by atoms with Gasteiger partial charge in [0.15, 0.2) is 0 Å². The maximum absolute atomic E-state index is 11.5. The van der Waals surface area contributed by atoms with Gasteiger partial charge in [0.25, 0.3) is 5.90 Å². The van der Waals surface area contributed by atoms with E-state index in [0.717, 1.165) is 0 Å². The standard InChI is InChI=1S/C9H7IN2O4/c10-6-3-12(9(15)11-8(6)14)7-2-1-5(4-13)16-7/h1-3,5,13H,4H2/p+1/b12-7+/t5-/m0/s1. The van der Waals surface area contributed by atoms with Crippen molar-refractivity contribution in [2.24, 2.45) is 0 Å². The molecule has 7 heteroatoms. The smallest absolute Gasteiger partial charge is 0.452 e. The van der Waals surface area contributed by atoms with Gasteiger partial charge in [0.1, 0.15) is 15.9 Å². The molecule has 0 aromatic heterocycles. The molecule has 0 saturated carbocycles. The summed E-state index contributed by atoms with van der Waals surface area (Å²) in [6, 6.07) is -0.566. The molecule has 0 aromatic carbocycles. The number of rotatable bonds is 1. The summed E-state index contributed by atoms with van der Waals surface area (Å²) in [6.07, 6.45) is 4.17. The fourth-order valence-electron chi connectivity index (χ4n) is 1.27. The molecule has 16 heavy (non-hydrogen) atoms. The third-order valence-corrected chi connectivity index (χ3v) is 2.81. The van der Waals surface area contributed by atoms with Crippen LogP contribution in [-0.2, 0) is 9.53 Å². The number of amides is 3. The van der Waals surface area contributed by atoms with Gasteiger partial charge < -0.3 is 9.84 Å². The Hall–Kier alpha value is -1.22. The third-order valence-electron chi connectivity index (χ3n) is 2.04. The Bertz CT molecular complexity index is 452. The first kappa shape index (κ1) is 11.3. The minimum Gasteiger partial charge on any atom is -0.452 e. The second-order valence-electron chi connectivity index (χ2n) is 3.14. The highest BCUT2D eigenvalue weighted by atomic mass is 127. The zero-order valence-electron chi connectivity index (χ0n) is 8.01. The third kappa shape index (κ3) is 2.00. The quantitative estimate of drug-likeness (QED) is 0.517. The SMILES string of the molecule is O=C1NC(=O)/[N+](=C2\C=C[C@@H](CO)O2)C=C1I. The molecule has 1 atom stereocenters. The van der Waals surface area contributed by atoms with Crippen molar-refractivity contribution in [2.45, 2.75) is 6.10 Å². The van der Waals surface area contributed by atoms with E-state index in [1.807, 2.05) is 22.6 Å². The second-order valence-corrected chi connectivity index (χ2v) is 4.30. The lowest BCUT2D eigenvalue weighted by molar-refractivity contribution is -0.363. The van der Waals surface area contributed by atoms with E-state index < -0.39 is 18.0 Å². The van der Waals surface area contributed by atoms with Crippen LogP contribution in [0.1, 0.15) is 0 Å². The molecule has 0 aliphatic carbocycles. The van der Waals surface area contributed by atoms with Gasteiger partial charge in [0, 0.05) is 6.08 Å². The van der Waals surface area contributed by atoms with Crippen molar-refractivity contribution >= 4 is 40.4 Å². The van der Waals surface area contributed by atoms with E-state index in [4.69, 9.17) is 9.84 Å². The molecule has 0 fully saturated rings. The molecule has 6 nitrogen and oxygen atoms in total. The maximum Gasteiger partial charge on any atom is 0.506 e. The average Bonchev–Trinajstić information content (AvgIpc) is 2.71. The van der Waals surface area contributed by atoms with Crippen molar-refractivity contribution in [1.82, 2.24) is 5.32 Å². The first-order valence-corrected chi connectivity index (χ1v) is 5.54. The Labute approximate surface area is 104 Å². The largest absolute Gasteiger partial charge is 0.506 e.